The van der Waals surface area contributed by atoms with Gasteiger partial charge < -0.3 is 9.32 Å². The van der Waals surface area contributed by atoms with Gasteiger partial charge in [-0.15, -0.1) is 5.10 Å². The lowest BCUT2D eigenvalue weighted by atomic mass is 10.0. The number of benzene rings is 2. The van der Waals surface area contributed by atoms with Crippen LogP contribution < -0.4 is 5.56 Å². The van der Waals surface area contributed by atoms with E-state index in [9.17, 15) is 9.59 Å². The third-order valence-corrected chi connectivity index (χ3v) is 5.59. The molecule has 8 nitrogen and oxygen atoms in total. The number of amides is 1. The van der Waals surface area contributed by atoms with Crippen LogP contribution in [0.25, 0.3) is 22.0 Å². The summed E-state index contributed by atoms with van der Waals surface area (Å²) in [7, 11) is 0. The molecule has 1 aliphatic heterocycles. The van der Waals surface area contributed by atoms with Gasteiger partial charge in [0.1, 0.15) is 17.1 Å². The Morgan fingerprint density at radius 2 is 1.87 bits per heavy atom. The van der Waals surface area contributed by atoms with Gasteiger partial charge in [0.15, 0.2) is 5.58 Å². The molecular weight excluding hydrogens is 382 g/mol. The third kappa shape index (κ3) is 3.34. The van der Waals surface area contributed by atoms with Crippen LogP contribution in [-0.4, -0.2) is 37.3 Å². The molecule has 1 aliphatic rings. The van der Waals surface area contributed by atoms with E-state index >= 15 is 0 Å². The van der Waals surface area contributed by atoms with Crippen LogP contribution in [0.5, 0.6) is 0 Å². The van der Waals surface area contributed by atoms with Crippen LogP contribution in [0.15, 0.2) is 57.7 Å². The molecule has 8 heteroatoms. The zero-order valence-electron chi connectivity index (χ0n) is 16.4. The van der Waals surface area contributed by atoms with Gasteiger partial charge in [-0.1, -0.05) is 29.5 Å². The summed E-state index contributed by atoms with van der Waals surface area (Å²) < 4.78 is 7.20. The molecule has 5 rings (SSSR count). The standard InChI is InChI=1S/C22H21N5O3/c28-20(12-14-27-22(29)15-7-1-2-8-16(15)24-25-27)26-13-6-5-10-18(26)21-23-17-9-3-4-11-19(17)30-21/h1-4,7-9,11,18H,5-6,10,12-14H2/t18-/m1/s1. The van der Waals surface area contributed by atoms with E-state index in [4.69, 9.17) is 4.42 Å². The van der Waals surface area contributed by atoms with E-state index < -0.39 is 0 Å². The SMILES string of the molecule is O=C(CCn1nnc2ccccc2c1=O)N1CCCC[C@@H]1c1nc2ccccc2o1. The number of piperidine rings is 1. The normalized spacial score (nSPS) is 16.9. The van der Waals surface area contributed by atoms with Gasteiger partial charge in [0.05, 0.1) is 11.9 Å². The first-order chi connectivity index (χ1) is 14.7. The van der Waals surface area contributed by atoms with E-state index in [1.165, 1.54) is 4.68 Å². The zero-order chi connectivity index (χ0) is 20.5. The van der Waals surface area contributed by atoms with Crippen molar-refractivity contribution < 1.29 is 9.21 Å². The summed E-state index contributed by atoms with van der Waals surface area (Å²) in [6.07, 6.45) is 2.94. The van der Waals surface area contributed by atoms with E-state index in [-0.39, 0.29) is 30.5 Å². The number of aromatic nitrogens is 4. The fourth-order valence-electron chi connectivity index (χ4n) is 4.03. The highest BCUT2D eigenvalue weighted by Gasteiger charge is 2.31. The number of fused-ring (bicyclic) bond motifs is 2. The second-order valence-electron chi connectivity index (χ2n) is 7.50. The summed E-state index contributed by atoms with van der Waals surface area (Å²) in [6.45, 7) is 0.840. The van der Waals surface area contributed by atoms with E-state index in [0.717, 1.165) is 30.4 Å². The summed E-state index contributed by atoms with van der Waals surface area (Å²) in [5.41, 5.74) is 1.84. The van der Waals surface area contributed by atoms with Gasteiger partial charge in [-0.3, -0.25) is 9.59 Å². The molecule has 0 unspecified atom stereocenters. The minimum absolute atomic E-state index is 0.0381. The first kappa shape index (κ1) is 18.5. The molecule has 2 aromatic carbocycles. The van der Waals surface area contributed by atoms with Crippen molar-refractivity contribution in [2.24, 2.45) is 0 Å². The lowest BCUT2D eigenvalue weighted by Crippen LogP contribution is -2.39. The number of likely N-dealkylation sites (tertiary alicyclic amines) is 1. The van der Waals surface area contributed by atoms with E-state index in [0.29, 0.717) is 23.3 Å². The van der Waals surface area contributed by atoms with Crippen molar-refractivity contribution in [3.8, 4) is 0 Å². The molecule has 30 heavy (non-hydrogen) atoms. The highest BCUT2D eigenvalue weighted by Crippen LogP contribution is 2.32. The number of rotatable bonds is 4. The van der Waals surface area contributed by atoms with Crippen molar-refractivity contribution in [1.29, 1.82) is 0 Å². The number of hydrogen-bond acceptors (Lipinski definition) is 6. The Bertz CT molecular complexity index is 1250. The van der Waals surface area contributed by atoms with Crippen LogP contribution in [0.3, 0.4) is 0 Å². The molecule has 0 radical (unpaired) electrons. The molecule has 1 saturated heterocycles. The van der Waals surface area contributed by atoms with Crippen LogP contribution in [-0.2, 0) is 11.3 Å². The number of nitrogens with zero attached hydrogens (tertiary/aromatic N) is 5. The maximum absolute atomic E-state index is 13.0. The Morgan fingerprint density at radius 1 is 1.07 bits per heavy atom. The highest BCUT2D eigenvalue weighted by atomic mass is 16.3. The Labute approximate surface area is 172 Å². The van der Waals surface area contributed by atoms with Gasteiger partial charge in [0.25, 0.3) is 5.56 Å². The molecular formula is C22H21N5O3. The zero-order valence-corrected chi connectivity index (χ0v) is 16.4. The summed E-state index contributed by atoms with van der Waals surface area (Å²) >= 11 is 0. The second kappa shape index (κ2) is 7.70. The molecule has 0 saturated carbocycles. The van der Waals surface area contributed by atoms with Gasteiger partial charge in [-0.2, -0.15) is 0 Å². The second-order valence-corrected chi connectivity index (χ2v) is 7.50. The van der Waals surface area contributed by atoms with Crippen molar-refractivity contribution >= 4 is 27.9 Å². The first-order valence-electron chi connectivity index (χ1n) is 10.2. The number of carbonyl (C=O) groups excluding carboxylic acids is 1. The van der Waals surface area contributed by atoms with Crippen LogP contribution in [0.2, 0.25) is 0 Å². The average molecular weight is 403 g/mol. The monoisotopic (exact) mass is 403 g/mol. The summed E-state index contributed by atoms with van der Waals surface area (Å²) in [5.74, 6) is 0.538. The molecule has 1 fully saturated rings. The summed E-state index contributed by atoms with van der Waals surface area (Å²) in [5, 5.41) is 8.57. The number of carbonyl (C=O) groups is 1. The first-order valence-corrected chi connectivity index (χ1v) is 10.2. The maximum Gasteiger partial charge on any atom is 0.277 e. The van der Waals surface area contributed by atoms with Gasteiger partial charge >= 0.3 is 0 Å². The molecule has 4 aromatic rings. The van der Waals surface area contributed by atoms with Crippen molar-refractivity contribution in [1.82, 2.24) is 24.9 Å². The number of oxazole rings is 1. The number of para-hydroxylation sites is 2. The van der Waals surface area contributed by atoms with Crippen LogP contribution in [0, 0.1) is 0 Å². The molecule has 0 N–H and O–H groups in total. The van der Waals surface area contributed by atoms with E-state index in [1.54, 1.807) is 18.2 Å². The van der Waals surface area contributed by atoms with E-state index in [2.05, 4.69) is 15.3 Å². The Balaban J connectivity index is 1.35. The van der Waals surface area contributed by atoms with Crippen molar-refractivity contribution in [3.05, 3.63) is 64.8 Å². The summed E-state index contributed by atoms with van der Waals surface area (Å²) in [4.78, 5) is 32.1. The third-order valence-electron chi connectivity index (χ3n) is 5.59. The smallest absolute Gasteiger partial charge is 0.277 e. The predicted octanol–water partition coefficient (Wildman–Crippen LogP) is 3.08. The van der Waals surface area contributed by atoms with Crippen molar-refractivity contribution in [3.63, 3.8) is 0 Å². The van der Waals surface area contributed by atoms with Crippen LogP contribution in [0.1, 0.15) is 37.6 Å². The molecule has 0 bridgehead atoms. The molecule has 1 amide bonds. The lowest BCUT2D eigenvalue weighted by Gasteiger charge is -2.33. The Kier molecular flexibility index (Phi) is 4.74. The fraction of sp³-hybridized carbons (Fsp3) is 0.318. The fourth-order valence-corrected chi connectivity index (χ4v) is 4.03. The predicted molar refractivity (Wildman–Crippen MR) is 111 cm³/mol. The summed E-state index contributed by atoms with van der Waals surface area (Å²) in [6, 6.07) is 14.5. The van der Waals surface area contributed by atoms with Crippen molar-refractivity contribution in [2.75, 3.05) is 6.54 Å². The average Bonchev–Trinajstić information content (AvgIpc) is 3.23. The largest absolute Gasteiger partial charge is 0.438 e. The minimum atomic E-state index is -0.234. The molecule has 152 valence electrons. The Hall–Kier alpha value is -3.55. The van der Waals surface area contributed by atoms with Gasteiger partial charge in [0.2, 0.25) is 11.8 Å². The van der Waals surface area contributed by atoms with Gasteiger partial charge in [-0.25, -0.2) is 9.67 Å². The van der Waals surface area contributed by atoms with E-state index in [1.807, 2.05) is 35.2 Å². The van der Waals surface area contributed by atoms with Crippen molar-refractivity contribution in [2.45, 2.75) is 38.3 Å². The highest BCUT2D eigenvalue weighted by molar-refractivity contribution is 5.78. The lowest BCUT2D eigenvalue weighted by molar-refractivity contribution is -0.136. The minimum Gasteiger partial charge on any atom is -0.438 e. The topological polar surface area (TPSA) is 94.1 Å². The van der Waals surface area contributed by atoms with Crippen LogP contribution >= 0.6 is 0 Å². The molecule has 0 aliphatic carbocycles. The molecule has 3 heterocycles. The van der Waals surface area contributed by atoms with Gasteiger partial charge in [0, 0.05) is 13.0 Å². The Morgan fingerprint density at radius 3 is 2.73 bits per heavy atom. The molecule has 1 atom stereocenters. The number of hydrogen-bond donors (Lipinski definition) is 0. The maximum atomic E-state index is 13.0. The molecule has 0 spiro atoms. The number of aryl methyl sites for hydroxylation is 1. The van der Waals surface area contributed by atoms with Crippen LogP contribution in [0.4, 0.5) is 0 Å². The quantitative estimate of drug-likeness (QED) is 0.520. The molecule has 2 aromatic heterocycles. The van der Waals surface area contributed by atoms with Gasteiger partial charge in [-0.05, 0) is 43.5 Å².